The number of hydrogen-bond acceptors (Lipinski definition) is 4. The zero-order chi connectivity index (χ0) is 19.8. The molecule has 27 heavy (non-hydrogen) atoms. The Hall–Kier alpha value is -3.42. The topological polar surface area (TPSA) is 122 Å². The van der Waals surface area contributed by atoms with Crippen LogP contribution in [0.1, 0.15) is 24.0 Å². The zero-order valence-electron chi connectivity index (χ0n) is 14.8. The molecule has 142 valence electrons. The second-order valence-corrected chi connectivity index (χ2v) is 6.18. The Balaban J connectivity index is 2.02. The van der Waals surface area contributed by atoms with Gasteiger partial charge in [0.05, 0.1) is 4.92 Å². The molecule has 2 rings (SSSR count). The number of nitrogens with one attached hydrogen (secondary N) is 2. The molecule has 0 aliphatic heterocycles. The van der Waals surface area contributed by atoms with Gasteiger partial charge in [0.15, 0.2) is 0 Å². The van der Waals surface area contributed by atoms with E-state index in [4.69, 9.17) is 5.11 Å². The van der Waals surface area contributed by atoms with Crippen molar-refractivity contribution in [1.82, 2.24) is 5.32 Å². The monoisotopic (exact) mass is 371 g/mol. The number of rotatable bonds is 8. The lowest BCUT2D eigenvalue weighted by atomic mass is 10.0. The third-order valence-electron chi connectivity index (χ3n) is 4.02. The molecular formula is C19H21N3O5. The minimum atomic E-state index is -0.929. The minimum absolute atomic E-state index is 0.0237. The Morgan fingerprint density at radius 2 is 1.89 bits per heavy atom. The van der Waals surface area contributed by atoms with E-state index in [9.17, 15) is 19.7 Å². The molecule has 0 saturated heterocycles. The maximum Gasteiger partial charge on any atom is 0.319 e. The predicted molar refractivity (Wildman–Crippen MR) is 101 cm³/mol. The van der Waals surface area contributed by atoms with Crippen LogP contribution in [0.5, 0.6) is 0 Å². The first-order chi connectivity index (χ1) is 12.8. The van der Waals surface area contributed by atoms with Gasteiger partial charge < -0.3 is 15.7 Å². The van der Waals surface area contributed by atoms with Crippen molar-refractivity contribution >= 4 is 23.4 Å². The van der Waals surface area contributed by atoms with Crippen LogP contribution >= 0.6 is 0 Å². The third kappa shape index (κ3) is 6.43. The van der Waals surface area contributed by atoms with Crippen LogP contribution < -0.4 is 10.6 Å². The molecule has 0 aromatic heterocycles. The largest absolute Gasteiger partial charge is 0.481 e. The lowest BCUT2D eigenvalue weighted by Gasteiger charge is -2.19. The van der Waals surface area contributed by atoms with Crippen molar-refractivity contribution in [1.29, 1.82) is 0 Å². The summed E-state index contributed by atoms with van der Waals surface area (Å²) in [6.07, 6.45) is 0.728. The Morgan fingerprint density at radius 3 is 2.48 bits per heavy atom. The maximum atomic E-state index is 12.3. The zero-order valence-corrected chi connectivity index (χ0v) is 14.8. The molecule has 0 saturated carbocycles. The number of urea groups is 1. The van der Waals surface area contributed by atoms with Gasteiger partial charge in [-0.2, -0.15) is 0 Å². The van der Waals surface area contributed by atoms with E-state index in [1.807, 2.05) is 30.3 Å². The summed E-state index contributed by atoms with van der Waals surface area (Å²) in [7, 11) is 0. The lowest BCUT2D eigenvalue weighted by molar-refractivity contribution is -0.385. The van der Waals surface area contributed by atoms with Gasteiger partial charge in [0, 0.05) is 29.8 Å². The van der Waals surface area contributed by atoms with Crippen LogP contribution in [0.4, 0.5) is 16.2 Å². The number of nitrogens with zero attached hydrogens (tertiary/aromatic N) is 1. The van der Waals surface area contributed by atoms with Crippen molar-refractivity contribution < 1.29 is 19.6 Å². The highest BCUT2D eigenvalue weighted by Gasteiger charge is 2.16. The molecule has 0 fully saturated rings. The van der Waals surface area contributed by atoms with Gasteiger partial charge in [-0.3, -0.25) is 14.9 Å². The van der Waals surface area contributed by atoms with Gasteiger partial charge in [-0.25, -0.2) is 4.79 Å². The van der Waals surface area contributed by atoms with E-state index < -0.39 is 16.9 Å². The Bertz CT molecular complexity index is 823. The molecule has 2 amide bonds. The van der Waals surface area contributed by atoms with E-state index in [0.717, 1.165) is 5.56 Å². The van der Waals surface area contributed by atoms with Crippen LogP contribution in [0.15, 0.2) is 48.5 Å². The van der Waals surface area contributed by atoms with E-state index in [-0.39, 0.29) is 24.6 Å². The maximum absolute atomic E-state index is 12.3. The van der Waals surface area contributed by atoms with Crippen LogP contribution in [-0.2, 0) is 11.2 Å². The van der Waals surface area contributed by atoms with Crippen LogP contribution in [0, 0.1) is 17.0 Å². The van der Waals surface area contributed by atoms with Gasteiger partial charge in [0.1, 0.15) is 0 Å². The molecule has 2 aromatic rings. The number of aliphatic carboxylic acids is 1. The molecule has 8 heteroatoms. The molecular weight excluding hydrogens is 350 g/mol. The molecule has 1 atom stereocenters. The average Bonchev–Trinajstić information content (AvgIpc) is 2.60. The summed E-state index contributed by atoms with van der Waals surface area (Å²) >= 11 is 0. The molecule has 8 nitrogen and oxygen atoms in total. The smallest absolute Gasteiger partial charge is 0.319 e. The molecule has 0 spiro atoms. The summed E-state index contributed by atoms with van der Waals surface area (Å²) < 4.78 is 0. The molecule has 2 aromatic carbocycles. The first kappa shape index (κ1) is 19.9. The number of carboxylic acids is 1. The van der Waals surface area contributed by atoms with E-state index in [1.54, 1.807) is 6.92 Å². The van der Waals surface area contributed by atoms with Crippen LogP contribution in [0.3, 0.4) is 0 Å². The number of carbonyl (C=O) groups excluding carboxylic acids is 1. The molecule has 0 heterocycles. The second kappa shape index (κ2) is 9.33. The van der Waals surface area contributed by atoms with Gasteiger partial charge in [0.25, 0.3) is 5.69 Å². The molecule has 1 unspecified atom stereocenters. The van der Waals surface area contributed by atoms with Crippen molar-refractivity contribution in [3.63, 3.8) is 0 Å². The Labute approximate surface area is 156 Å². The summed E-state index contributed by atoms with van der Waals surface area (Å²) in [4.78, 5) is 33.5. The summed E-state index contributed by atoms with van der Waals surface area (Å²) in [5, 5.41) is 25.2. The van der Waals surface area contributed by atoms with Gasteiger partial charge in [-0.1, -0.05) is 30.3 Å². The lowest BCUT2D eigenvalue weighted by Crippen LogP contribution is -2.39. The highest BCUT2D eigenvalue weighted by Crippen LogP contribution is 2.21. The number of carboxylic acid groups (broad SMARTS) is 1. The van der Waals surface area contributed by atoms with Gasteiger partial charge in [-0.05, 0) is 37.5 Å². The van der Waals surface area contributed by atoms with Crippen LogP contribution in [0.25, 0.3) is 0 Å². The fourth-order valence-corrected chi connectivity index (χ4v) is 2.71. The summed E-state index contributed by atoms with van der Waals surface area (Å²) in [6, 6.07) is 12.9. The van der Waals surface area contributed by atoms with Crippen LogP contribution in [-0.4, -0.2) is 28.1 Å². The summed E-state index contributed by atoms with van der Waals surface area (Å²) in [6.45, 7) is 1.59. The number of amides is 2. The number of carbonyl (C=O) groups is 2. The number of aryl methyl sites for hydroxylation is 1. The third-order valence-corrected chi connectivity index (χ3v) is 4.02. The first-order valence-electron chi connectivity index (χ1n) is 8.43. The molecule has 0 bridgehead atoms. The number of nitro groups is 1. The summed E-state index contributed by atoms with van der Waals surface area (Å²) in [5.41, 5.74) is 1.82. The fourth-order valence-electron chi connectivity index (χ4n) is 2.71. The highest BCUT2D eigenvalue weighted by atomic mass is 16.6. The van der Waals surface area contributed by atoms with Crippen molar-refractivity contribution in [3.8, 4) is 0 Å². The van der Waals surface area contributed by atoms with Crippen molar-refractivity contribution in [2.45, 2.75) is 32.2 Å². The number of anilines is 1. The predicted octanol–water partition coefficient (Wildman–Crippen LogP) is 3.50. The van der Waals surface area contributed by atoms with Crippen molar-refractivity contribution in [2.75, 3.05) is 5.32 Å². The molecule has 3 N–H and O–H groups in total. The molecule has 0 radical (unpaired) electrons. The SMILES string of the molecule is Cc1cc(NC(=O)NC(CCC(=O)O)Cc2ccccc2)ccc1[N+](=O)[O-]. The molecule has 0 aliphatic rings. The van der Waals surface area contributed by atoms with Gasteiger partial charge >= 0.3 is 12.0 Å². The number of hydrogen-bond donors (Lipinski definition) is 3. The van der Waals surface area contributed by atoms with Gasteiger partial charge in [0.2, 0.25) is 0 Å². The fraction of sp³-hybridized carbons (Fsp3) is 0.263. The number of nitro benzene ring substituents is 1. The molecule has 0 aliphatic carbocycles. The first-order valence-corrected chi connectivity index (χ1v) is 8.43. The van der Waals surface area contributed by atoms with Gasteiger partial charge in [-0.15, -0.1) is 0 Å². The minimum Gasteiger partial charge on any atom is -0.481 e. The number of benzene rings is 2. The normalized spacial score (nSPS) is 11.4. The van der Waals surface area contributed by atoms with Crippen LogP contribution in [0.2, 0.25) is 0 Å². The standard InChI is InChI=1S/C19H21N3O5/c1-13-11-15(7-9-17(13)22(26)27)20-19(25)21-16(8-10-18(23)24)12-14-5-3-2-4-6-14/h2-7,9,11,16H,8,10,12H2,1H3,(H,23,24)(H2,20,21,25). The quantitative estimate of drug-likeness (QED) is 0.484. The van der Waals surface area contributed by atoms with E-state index >= 15 is 0 Å². The average molecular weight is 371 g/mol. The van der Waals surface area contributed by atoms with Crippen molar-refractivity contribution in [2.24, 2.45) is 0 Å². The van der Waals surface area contributed by atoms with Crippen molar-refractivity contribution in [3.05, 3.63) is 69.8 Å². The Morgan fingerprint density at radius 1 is 1.19 bits per heavy atom. The highest BCUT2D eigenvalue weighted by molar-refractivity contribution is 5.89. The van der Waals surface area contributed by atoms with E-state index in [2.05, 4.69) is 10.6 Å². The summed E-state index contributed by atoms with van der Waals surface area (Å²) in [5.74, 6) is -0.929. The van der Waals surface area contributed by atoms with E-state index in [0.29, 0.717) is 17.7 Å². The van der Waals surface area contributed by atoms with E-state index in [1.165, 1.54) is 18.2 Å². The Kier molecular flexibility index (Phi) is 6.87. The second-order valence-electron chi connectivity index (χ2n) is 6.18.